The van der Waals surface area contributed by atoms with Crippen molar-refractivity contribution in [2.45, 2.75) is 25.3 Å². The Morgan fingerprint density at radius 1 is 1.03 bits per heavy atom. The monoisotopic (exact) mass is 388 g/mol. The topological polar surface area (TPSA) is 122 Å². The van der Waals surface area contributed by atoms with E-state index in [1.54, 1.807) is 12.1 Å². The number of aromatic nitrogens is 2. The number of nitrogens with one attached hydrogen (secondary N) is 1. The Morgan fingerprint density at radius 3 is 2.59 bits per heavy atom. The number of amides is 1. The van der Waals surface area contributed by atoms with Crippen LogP contribution < -0.4 is 11.5 Å². The number of likely N-dealkylation sites (tertiary alicyclic amines) is 1. The van der Waals surface area contributed by atoms with E-state index in [1.807, 2.05) is 35.2 Å². The van der Waals surface area contributed by atoms with Crippen molar-refractivity contribution in [2.75, 3.05) is 13.1 Å². The van der Waals surface area contributed by atoms with E-state index in [0.717, 1.165) is 36.9 Å². The lowest BCUT2D eigenvalue weighted by Crippen LogP contribution is -2.35. The Morgan fingerprint density at radius 2 is 1.83 bits per heavy atom. The highest BCUT2D eigenvalue weighted by Crippen LogP contribution is 2.26. The predicted octanol–water partition coefficient (Wildman–Crippen LogP) is 2.59. The lowest BCUT2D eigenvalue weighted by Gasteiger charge is -2.26. The summed E-state index contributed by atoms with van der Waals surface area (Å²) in [5.74, 6) is 0.0395. The van der Waals surface area contributed by atoms with Gasteiger partial charge in [0.15, 0.2) is 0 Å². The van der Waals surface area contributed by atoms with Crippen LogP contribution in [0.4, 0.5) is 0 Å². The van der Waals surface area contributed by atoms with Crippen molar-refractivity contribution in [3.05, 3.63) is 71.2 Å². The van der Waals surface area contributed by atoms with Gasteiger partial charge in [-0.1, -0.05) is 24.3 Å². The van der Waals surface area contributed by atoms with E-state index in [0.29, 0.717) is 22.3 Å². The van der Waals surface area contributed by atoms with Crippen molar-refractivity contribution in [3.8, 4) is 0 Å². The van der Waals surface area contributed by atoms with Gasteiger partial charge in [0, 0.05) is 29.6 Å². The maximum absolute atomic E-state index is 12.8. The van der Waals surface area contributed by atoms with E-state index in [1.165, 1.54) is 12.7 Å². The molecule has 2 aromatic carbocycles. The van der Waals surface area contributed by atoms with Crippen LogP contribution in [0.15, 0.2) is 48.8 Å². The molecule has 0 aliphatic carbocycles. The van der Waals surface area contributed by atoms with Crippen LogP contribution in [0.5, 0.6) is 0 Å². The summed E-state index contributed by atoms with van der Waals surface area (Å²) in [5.41, 5.74) is 15.5. The average molecular weight is 388 g/mol. The number of nitrogens with zero attached hydrogens (tertiary/aromatic N) is 3. The van der Waals surface area contributed by atoms with Crippen molar-refractivity contribution in [1.82, 2.24) is 14.9 Å². The molecule has 1 atom stereocenters. The summed E-state index contributed by atoms with van der Waals surface area (Å²) in [6.07, 6.45) is 4.77. The van der Waals surface area contributed by atoms with Crippen LogP contribution in [0, 0.1) is 5.41 Å². The Hall–Kier alpha value is -3.32. The number of amidine groups is 1. The van der Waals surface area contributed by atoms with Crippen LogP contribution in [-0.2, 0) is 0 Å². The first-order valence-electron chi connectivity index (χ1n) is 9.78. The summed E-state index contributed by atoms with van der Waals surface area (Å²) in [6.45, 7) is 1.62. The zero-order chi connectivity index (χ0) is 20.4. The van der Waals surface area contributed by atoms with Crippen molar-refractivity contribution in [3.63, 3.8) is 0 Å². The van der Waals surface area contributed by atoms with Crippen LogP contribution in [-0.4, -0.2) is 39.7 Å². The molecule has 2 heterocycles. The molecule has 29 heavy (non-hydrogen) atoms. The number of carbonyl (C=O) groups is 1. The molecule has 7 heteroatoms. The van der Waals surface area contributed by atoms with Gasteiger partial charge < -0.3 is 16.4 Å². The van der Waals surface area contributed by atoms with Gasteiger partial charge in [0.1, 0.15) is 12.2 Å². The molecule has 1 saturated heterocycles. The highest BCUT2D eigenvalue weighted by molar-refractivity contribution is 5.98. The molecular formula is C22H24N6O. The van der Waals surface area contributed by atoms with Gasteiger partial charge in [-0.05, 0) is 43.0 Å². The molecule has 0 radical (unpaired) electrons. The van der Waals surface area contributed by atoms with Crippen molar-refractivity contribution < 1.29 is 4.79 Å². The largest absolute Gasteiger partial charge is 0.384 e. The molecule has 7 nitrogen and oxygen atoms in total. The summed E-state index contributed by atoms with van der Waals surface area (Å²) in [4.78, 5) is 23.5. The Kier molecular flexibility index (Phi) is 5.22. The van der Waals surface area contributed by atoms with Crippen LogP contribution in [0.25, 0.3) is 10.9 Å². The number of nitrogens with two attached hydrogens (primary N) is 2. The van der Waals surface area contributed by atoms with Gasteiger partial charge in [-0.2, -0.15) is 0 Å². The minimum absolute atomic E-state index is 0.00698. The molecule has 1 aliphatic heterocycles. The third kappa shape index (κ3) is 3.82. The fourth-order valence-electron chi connectivity index (χ4n) is 3.80. The Balaban J connectivity index is 1.68. The fraction of sp³-hybridized carbons (Fsp3) is 0.273. The second-order valence-corrected chi connectivity index (χ2v) is 7.36. The lowest BCUT2D eigenvalue weighted by molar-refractivity contribution is 0.0724. The maximum atomic E-state index is 12.8. The second kappa shape index (κ2) is 7.97. The van der Waals surface area contributed by atoms with Gasteiger partial charge in [0.25, 0.3) is 5.91 Å². The van der Waals surface area contributed by atoms with E-state index in [-0.39, 0.29) is 11.7 Å². The first-order valence-corrected chi connectivity index (χ1v) is 9.78. The number of fused-ring (bicyclic) bond motifs is 1. The average Bonchev–Trinajstić information content (AvgIpc) is 2.78. The minimum atomic E-state index is -0.497. The first-order chi connectivity index (χ1) is 14.0. The second-order valence-electron chi connectivity index (χ2n) is 7.36. The predicted molar refractivity (Wildman–Crippen MR) is 113 cm³/mol. The van der Waals surface area contributed by atoms with E-state index >= 15 is 0 Å². The molecule has 1 aliphatic rings. The highest BCUT2D eigenvalue weighted by atomic mass is 16.2. The number of piperidine rings is 1. The molecule has 1 amide bonds. The zero-order valence-corrected chi connectivity index (χ0v) is 16.1. The van der Waals surface area contributed by atoms with Crippen LogP contribution in [0.1, 0.15) is 52.5 Å². The molecule has 0 saturated carbocycles. The molecule has 1 unspecified atom stereocenters. The summed E-state index contributed by atoms with van der Waals surface area (Å²) in [5, 5.41) is 8.44. The maximum Gasteiger partial charge on any atom is 0.253 e. The van der Waals surface area contributed by atoms with Gasteiger partial charge >= 0.3 is 0 Å². The third-order valence-electron chi connectivity index (χ3n) is 5.41. The van der Waals surface area contributed by atoms with Gasteiger partial charge in [-0.3, -0.25) is 10.2 Å². The molecule has 3 aromatic rings. The van der Waals surface area contributed by atoms with E-state index in [2.05, 4.69) is 9.97 Å². The summed E-state index contributed by atoms with van der Waals surface area (Å²) >= 11 is 0. The molecule has 1 aromatic heterocycles. The first kappa shape index (κ1) is 19.0. The number of hydrogen-bond acceptors (Lipinski definition) is 5. The van der Waals surface area contributed by atoms with E-state index in [4.69, 9.17) is 16.9 Å². The Bertz CT molecular complexity index is 1070. The smallest absolute Gasteiger partial charge is 0.253 e. The van der Waals surface area contributed by atoms with E-state index in [9.17, 15) is 4.79 Å². The molecule has 4 rings (SSSR count). The molecular weight excluding hydrogens is 364 g/mol. The van der Waals surface area contributed by atoms with Crippen LogP contribution >= 0.6 is 0 Å². The quantitative estimate of drug-likeness (QED) is 0.468. The summed E-state index contributed by atoms with van der Waals surface area (Å²) < 4.78 is 0. The van der Waals surface area contributed by atoms with E-state index < -0.39 is 6.04 Å². The number of benzene rings is 2. The number of nitrogen functional groups attached to an aromatic ring is 1. The van der Waals surface area contributed by atoms with Gasteiger partial charge in [0.05, 0.1) is 17.3 Å². The molecule has 148 valence electrons. The van der Waals surface area contributed by atoms with Crippen LogP contribution in [0.2, 0.25) is 0 Å². The van der Waals surface area contributed by atoms with Gasteiger partial charge in [0.2, 0.25) is 0 Å². The minimum Gasteiger partial charge on any atom is -0.384 e. The molecule has 5 N–H and O–H groups in total. The third-order valence-corrected chi connectivity index (χ3v) is 5.41. The number of hydrogen-bond donors (Lipinski definition) is 3. The van der Waals surface area contributed by atoms with Crippen molar-refractivity contribution in [1.29, 1.82) is 5.41 Å². The summed E-state index contributed by atoms with van der Waals surface area (Å²) in [6, 6.07) is 12.3. The SMILES string of the molecule is N=C(N)c1cccc(C(N)c2ncnc3cc(C(=O)N4CCCCC4)ccc23)c1. The van der Waals surface area contributed by atoms with Crippen LogP contribution in [0.3, 0.4) is 0 Å². The van der Waals surface area contributed by atoms with Crippen molar-refractivity contribution >= 4 is 22.6 Å². The Labute approximate surface area is 169 Å². The normalized spacial score (nSPS) is 15.3. The zero-order valence-electron chi connectivity index (χ0n) is 16.1. The lowest BCUT2D eigenvalue weighted by atomic mass is 9.98. The highest BCUT2D eigenvalue weighted by Gasteiger charge is 2.20. The molecule has 0 bridgehead atoms. The number of carbonyl (C=O) groups excluding carboxylic acids is 1. The fourth-order valence-corrected chi connectivity index (χ4v) is 3.80. The molecule has 1 fully saturated rings. The van der Waals surface area contributed by atoms with Gasteiger partial charge in [-0.25, -0.2) is 9.97 Å². The molecule has 0 spiro atoms. The standard InChI is InChI=1S/C22H24N6O/c23-19(14-5-4-6-15(11-14)21(24)25)20-17-8-7-16(12-18(17)26-13-27-20)22(29)28-9-2-1-3-10-28/h4-8,11-13,19H,1-3,9-10,23H2,(H3,24,25). The van der Waals surface area contributed by atoms with Crippen molar-refractivity contribution in [2.24, 2.45) is 11.5 Å². The number of rotatable bonds is 4. The van der Waals surface area contributed by atoms with Gasteiger partial charge in [-0.15, -0.1) is 0 Å². The summed E-state index contributed by atoms with van der Waals surface area (Å²) in [7, 11) is 0.